The molecule has 0 fully saturated rings. The van der Waals surface area contributed by atoms with E-state index < -0.39 is 0 Å². The topological polar surface area (TPSA) is 26.3 Å². The van der Waals surface area contributed by atoms with Crippen molar-refractivity contribution in [2.24, 2.45) is 0 Å². The molecule has 1 aliphatic rings. The molecule has 0 radical (unpaired) electrons. The highest BCUT2D eigenvalue weighted by molar-refractivity contribution is 6.01. The van der Waals surface area contributed by atoms with E-state index in [1.54, 1.807) is 0 Å². The van der Waals surface area contributed by atoms with E-state index >= 15 is 0 Å². The van der Waals surface area contributed by atoms with E-state index in [1.165, 1.54) is 0 Å². The first-order valence-electron chi connectivity index (χ1n) is 5.61. The van der Waals surface area contributed by atoms with Crippen molar-refractivity contribution in [2.45, 2.75) is 32.6 Å². The Morgan fingerprint density at radius 1 is 1.33 bits per heavy atom. The summed E-state index contributed by atoms with van der Waals surface area (Å²) in [7, 11) is 0. The molecule has 2 heteroatoms. The van der Waals surface area contributed by atoms with Gasteiger partial charge in [0.2, 0.25) is 0 Å². The Morgan fingerprint density at radius 2 is 2.20 bits per heavy atom. The molecule has 1 aromatic rings. The minimum Gasteiger partial charge on any atom is -0.493 e. The highest BCUT2D eigenvalue weighted by Gasteiger charge is 2.20. The third-order valence-electron chi connectivity index (χ3n) is 2.70. The molecule has 2 rings (SSSR count). The van der Waals surface area contributed by atoms with E-state index in [9.17, 15) is 4.79 Å². The second-order valence-corrected chi connectivity index (χ2v) is 3.92. The largest absolute Gasteiger partial charge is 0.493 e. The summed E-state index contributed by atoms with van der Waals surface area (Å²) in [6, 6.07) is 5.91. The van der Waals surface area contributed by atoms with Gasteiger partial charge in [-0.05, 0) is 30.9 Å². The van der Waals surface area contributed by atoms with E-state index in [0.29, 0.717) is 13.0 Å². The molecule has 0 saturated heterocycles. The van der Waals surface area contributed by atoms with Gasteiger partial charge < -0.3 is 4.74 Å². The summed E-state index contributed by atoms with van der Waals surface area (Å²) >= 11 is 0. The van der Waals surface area contributed by atoms with E-state index in [4.69, 9.17) is 4.74 Å². The zero-order chi connectivity index (χ0) is 10.7. The summed E-state index contributed by atoms with van der Waals surface area (Å²) in [5.41, 5.74) is 1.98. The molecule has 0 spiro atoms. The molecule has 80 valence electrons. The number of ether oxygens (including phenoxy) is 1. The quantitative estimate of drug-likeness (QED) is 0.756. The molecule has 0 heterocycles. The van der Waals surface area contributed by atoms with Gasteiger partial charge in [0.25, 0.3) is 0 Å². The number of benzene rings is 1. The molecule has 0 aliphatic heterocycles. The van der Waals surface area contributed by atoms with Crippen LogP contribution in [0.1, 0.15) is 42.1 Å². The van der Waals surface area contributed by atoms with Crippen LogP contribution in [0, 0.1) is 0 Å². The third-order valence-corrected chi connectivity index (χ3v) is 2.70. The van der Waals surface area contributed by atoms with Crippen molar-refractivity contribution >= 4 is 5.78 Å². The molecule has 1 aliphatic carbocycles. The lowest BCUT2D eigenvalue weighted by Crippen LogP contribution is -2.13. The lowest BCUT2D eigenvalue weighted by atomic mass is 9.90. The van der Waals surface area contributed by atoms with E-state index in [-0.39, 0.29) is 5.78 Å². The molecule has 0 N–H and O–H groups in total. The van der Waals surface area contributed by atoms with Crippen molar-refractivity contribution in [3.05, 3.63) is 29.3 Å². The van der Waals surface area contributed by atoms with Crippen LogP contribution in [0.2, 0.25) is 0 Å². The highest BCUT2D eigenvalue weighted by Crippen LogP contribution is 2.29. The molecular formula is C13H16O2. The Kier molecular flexibility index (Phi) is 3.05. The molecule has 0 saturated carbocycles. The molecule has 0 bridgehead atoms. The summed E-state index contributed by atoms with van der Waals surface area (Å²) in [6.45, 7) is 2.75. The van der Waals surface area contributed by atoms with Crippen LogP contribution in [0.25, 0.3) is 0 Å². The van der Waals surface area contributed by atoms with Crippen molar-refractivity contribution in [2.75, 3.05) is 6.61 Å². The van der Waals surface area contributed by atoms with Gasteiger partial charge in [-0.1, -0.05) is 19.1 Å². The molecule has 15 heavy (non-hydrogen) atoms. The SMILES string of the molecule is CCCOc1cccc2c1C(=O)CCC2. The van der Waals surface area contributed by atoms with Crippen LogP contribution in [-0.2, 0) is 6.42 Å². The van der Waals surface area contributed by atoms with Gasteiger partial charge in [-0.15, -0.1) is 0 Å². The molecule has 0 amide bonds. The predicted octanol–water partition coefficient (Wildman–Crippen LogP) is 2.99. The van der Waals surface area contributed by atoms with E-state index in [0.717, 1.165) is 36.1 Å². The van der Waals surface area contributed by atoms with Gasteiger partial charge in [-0.25, -0.2) is 0 Å². The zero-order valence-electron chi connectivity index (χ0n) is 9.08. The average Bonchev–Trinajstić information content (AvgIpc) is 2.26. The van der Waals surface area contributed by atoms with Gasteiger partial charge in [0, 0.05) is 6.42 Å². The van der Waals surface area contributed by atoms with Crippen LogP contribution in [0.15, 0.2) is 18.2 Å². The normalized spacial score (nSPS) is 14.9. The van der Waals surface area contributed by atoms with Gasteiger partial charge in [0.05, 0.1) is 12.2 Å². The first kappa shape index (κ1) is 10.2. The maximum Gasteiger partial charge on any atom is 0.166 e. The van der Waals surface area contributed by atoms with E-state index in [2.05, 4.69) is 6.92 Å². The fourth-order valence-electron chi connectivity index (χ4n) is 2.00. The minimum absolute atomic E-state index is 0.239. The van der Waals surface area contributed by atoms with Crippen molar-refractivity contribution in [1.29, 1.82) is 0 Å². The smallest absolute Gasteiger partial charge is 0.166 e. The number of fused-ring (bicyclic) bond motifs is 1. The summed E-state index contributed by atoms with van der Waals surface area (Å²) in [5, 5.41) is 0. The molecule has 2 nitrogen and oxygen atoms in total. The number of rotatable bonds is 3. The highest BCUT2D eigenvalue weighted by atomic mass is 16.5. The first-order valence-corrected chi connectivity index (χ1v) is 5.61. The maximum absolute atomic E-state index is 11.8. The van der Waals surface area contributed by atoms with Gasteiger partial charge in [-0.2, -0.15) is 0 Å². The lowest BCUT2D eigenvalue weighted by Gasteiger charge is -2.18. The van der Waals surface area contributed by atoms with E-state index in [1.807, 2.05) is 18.2 Å². The second-order valence-electron chi connectivity index (χ2n) is 3.92. The number of aryl methyl sites for hydroxylation is 1. The van der Waals surface area contributed by atoms with Crippen LogP contribution in [-0.4, -0.2) is 12.4 Å². The van der Waals surface area contributed by atoms with Gasteiger partial charge in [0.1, 0.15) is 5.75 Å². The second kappa shape index (κ2) is 4.47. The predicted molar refractivity (Wildman–Crippen MR) is 59.5 cm³/mol. The summed E-state index contributed by atoms with van der Waals surface area (Å²) in [5.74, 6) is 1.02. The molecule has 0 atom stereocenters. The Hall–Kier alpha value is -1.31. The Bertz CT molecular complexity index is 369. The van der Waals surface area contributed by atoms with Crippen LogP contribution in [0.3, 0.4) is 0 Å². The Labute approximate surface area is 90.3 Å². The monoisotopic (exact) mass is 204 g/mol. The first-order chi connectivity index (χ1) is 7.33. The summed E-state index contributed by atoms with van der Waals surface area (Å²) in [4.78, 5) is 11.8. The zero-order valence-corrected chi connectivity index (χ0v) is 9.08. The molecule has 0 aromatic heterocycles. The van der Waals surface area contributed by atoms with Gasteiger partial charge in [-0.3, -0.25) is 4.79 Å². The van der Waals surface area contributed by atoms with Crippen LogP contribution < -0.4 is 4.74 Å². The van der Waals surface area contributed by atoms with Crippen molar-refractivity contribution in [3.63, 3.8) is 0 Å². The minimum atomic E-state index is 0.239. The number of ketones is 1. The maximum atomic E-state index is 11.8. The Morgan fingerprint density at radius 3 is 3.00 bits per heavy atom. The van der Waals surface area contributed by atoms with Crippen molar-refractivity contribution < 1.29 is 9.53 Å². The fourth-order valence-corrected chi connectivity index (χ4v) is 2.00. The van der Waals surface area contributed by atoms with Crippen molar-refractivity contribution in [3.8, 4) is 5.75 Å². The number of carbonyl (C=O) groups is 1. The van der Waals surface area contributed by atoms with Crippen LogP contribution in [0.4, 0.5) is 0 Å². The summed E-state index contributed by atoms with van der Waals surface area (Å²) < 4.78 is 5.60. The molecule has 1 aromatic carbocycles. The Balaban J connectivity index is 2.34. The summed E-state index contributed by atoms with van der Waals surface area (Å²) in [6.07, 6.45) is 3.62. The number of carbonyl (C=O) groups excluding carboxylic acids is 1. The van der Waals surface area contributed by atoms with Crippen LogP contribution >= 0.6 is 0 Å². The fraction of sp³-hybridized carbons (Fsp3) is 0.462. The van der Waals surface area contributed by atoms with Crippen LogP contribution in [0.5, 0.6) is 5.75 Å². The third kappa shape index (κ3) is 2.04. The van der Waals surface area contributed by atoms with Gasteiger partial charge >= 0.3 is 0 Å². The van der Waals surface area contributed by atoms with Crippen molar-refractivity contribution in [1.82, 2.24) is 0 Å². The average molecular weight is 204 g/mol. The lowest BCUT2D eigenvalue weighted by molar-refractivity contribution is 0.0968. The molecule has 0 unspecified atom stereocenters. The number of Topliss-reactive ketones (excluding diaryl/α,β-unsaturated/α-hetero) is 1. The number of hydrogen-bond acceptors (Lipinski definition) is 2. The standard InChI is InChI=1S/C13H16O2/c1-2-9-15-12-8-4-6-10-5-3-7-11(14)13(10)12/h4,6,8H,2-3,5,7,9H2,1H3. The van der Waals surface area contributed by atoms with Gasteiger partial charge in [0.15, 0.2) is 5.78 Å². The number of hydrogen-bond donors (Lipinski definition) is 0. The molecular weight excluding hydrogens is 188 g/mol.